The van der Waals surface area contributed by atoms with Crippen molar-refractivity contribution in [3.05, 3.63) is 47.2 Å². The van der Waals surface area contributed by atoms with Crippen LogP contribution in [0.4, 0.5) is 8.78 Å². The maximum Gasteiger partial charge on any atom is 0.240 e. The molecule has 25 heavy (non-hydrogen) atoms. The molecule has 0 spiro atoms. The van der Waals surface area contributed by atoms with Crippen LogP contribution in [0.5, 0.6) is 0 Å². The second-order valence-corrected chi connectivity index (χ2v) is 6.31. The summed E-state index contributed by atoms with van der Waals surface area (Å²) in [5.41, 5.74) is 0.119. The quantitative estimate of drug-likeness (QED) is 0.900. The van der Waals surface area contributed by atoms with E-state index in [4.69, 9.17) is 4.42 Å². The number of halogens is 2. The third kappa shape index (κ3) is 4.71. The number of aromatic nitrogens is 2. The van der Waals surface area contributed by atoms with Gasteiger partial charge in [0.05, 0.1) is 0 Å². The molecule has 0 saturated heterocycles. The molecule has 1 saturated carbocycles. The minimum absolute atomic E-state index is 0.0135. The summed E-state index contributed by atoms with van der Waals surface area (Å²) in [4.78, 5) is 11.1. The smallest absolute Gasteiger partial charge is 0.240 e. The van der Waals surface area contributed by atoms with Crippen LogP contribution < -0.4 is 5.32 Å². The molecule has 1 aliphatic carbocycles. The Morgan fingerprint density at radius 2 is 2.16 bits per heavy atom. The molecule has 0 unspecified atom stereocenters. The minimum atomic E-state index is -0.521. The van der Waals surface area contributed by atoms with Gasteiger partial charge < -0.3 is 9.73 Å². The summed E-state index contributed by atoms with van der Waals surface area (Å²) in [6.45, 7) is 1.52. The Labute approximate surface area is 144 Å². The van der Waals surface area contributed by atoms with Crippen molar-refractivity contribution in [3.63, 3.8) is 0 Å². The van der Waals surface area contributed by atoms with E-state index in [0.717, 1.165) is 37.5 Å². The third-order valence-electron chi connectivity index (χ3n) is 4.26. The van der Waals surface area contributed by atoms with Crippen LogP contribution in [-0.4, -0.2) is 22.1 Å². The number of amides is 1. The molecule has 132 valence electrons. The molecule has 1 amide bonds. The number of benzene rings is 1. The Morgan fingerprint density at radius 3 is 2.96 bits per heavy atom. The number of hydrogen-bond acceptors (Lipinski definition) is 4. The van der Waals surface area contributed by atoms with Crippen molar-refractivity contribution in [2.24, 2.45) is 5.92 Å². The van der Waals surface area contributed by atoms with Crippen LogP contribution in [0.3, 0.4) is 0 Å². The van der Waals surface area contributed by atoms with Crippen LogP contribution in [-0.2, 0) is 11.2 Å². The number of rotatable bonds is 5. The summed E-state index contributed by atoms with van der Waals surface area (Å²) >= 11 is 0. The number of hydrogen-bond donors (Lipinski definition) is 1. The largest absolute Gasteiger partial charge is 0.421 e. The molecular weight excluding hydrogens is 328 g/mol. The zero-order chi connectivity index (χ0) is 17.8. The average molecular weight is 347 g/mol. The van der Waals surface area contributed by atoms with Crippen LogP contribution in [0.2, 0.25) is 0 Å². The molecule has 2 aromatic rings. The molecule has 1 aromatic heterocycles. The minimum Gasteiger partial charge on any atom is -0.421 e. The summed E-state index contributed by atoms with van der Waals surface area (Å²) in [7, 11) is 0. The first-order chi connectivity index (χ1) is 12.0. The van der Waals surface area contributed by atoms with Gasteiger partial charge in [0.15, 0.2) is 0 Å². The fraction of sp³-hybridized carbons (Fsp3) is 0.389. The molecule has 1 fully saturated rings. The van der Waals surface area contributed by atoms with Crippen LogP contribution in [0.15, 0.2) is 22.6 Å². The van der Waals surface area contributed by atoms with Crippen molar-refractivity contribution in [2.75, 3.05) is 0 Å². The van der Waals surface area contributed by atoms with E-state index in [-0.39, 0.29) is 23.4 Å². The van der Waals surface area contributed by atoms with Gasteiger partial charge in [0, 0.05) is 31.0 Å². The highest BCUT2D eigenvalue weighted by Gasteiger charge is 2.26. The Balaban J connectivity index is 1.58. The molecule has 2 atom stereocenters. The van der Waals surface area contributed by atoms with Crippen LogP contribution in [0.25, 0.3) is 12.2 Å². The molecule has 5 nitrogen and oxygen atoms in total. The topological polar surface area (TPSA) is 68.0 Å². The van der Waals surface area contributed by atoms with Crippen molar-refractivity contribution in [1.29, 1.82) is 0 Å². The molecule has 3 rings (SSSR count). The first-order valence-corrected chi connectivity index (χ1v) is 8.22. The van der Waals surface area contributed by atoms with Crippen LogP contribution in [0.1, 0.15) is 43.5 Å². The summed E-state index contributed by atoms with van der Waals surface area (Å²) in [5.74, 6) is 0.0905. The number of nitrogens with zero attached hydrogens (tertiary/aromatic N) is 2. The van der Waals surface area contributed by atoms with Gasteiger partial charge in [-0.05, 0) is 49.5 Å². The normalized spacial score (nSPS) is 20.3. The molecule has 1 aliphatic rings. The Hall–Kier alpha value is -2.57. The predicted molar refractivity (Wildman–Crippen MR) is 88.2 cm³/mol. The molecule has 1 aromatic carbocycles. The fourth-order valence-corrected chi connectivity index (χ4v) is 3.15. The van der Waals surface area contributed by atoms with E-state index in [1.807, 2.05) is 0 Å². The van der Waals surface area contributed by atoms with E-state index in [1.54, 1.807) is 0 Å². The van der Waals surface area contributed by atoms with Gasteiger partial charge in [-0.3, -0.25) is 4.79 Å². The Morgan fingerprint density at radius 1 is 1.32 bits per heavy atom. The molecule has 7 heteroatoms. The van der Waals surface area contributed by atoms with Gasteiger partial charge in [0.25, 0.3) is 0 Å². The van der Waals surface area contributed by atoms with Crippen LogP contribution >= 0.6 is 0 Å². The van der Waals surface area contributed by atoms with Crippen molar-refractivity contribution in [3.8, 4) is 0 Å². The fourth-order valence-electron chi connectivity index (χ4n) is 3.15. The maximum absolute atomic E-state index is 13.6. The van der Waals surface area contributed by atoms with Crippen molar-refractivity contribution < 1.29 is 18.0 Å². The molecule has 0 bridgehead atoms. The van der Waals surface area contributed by atoms with E-state index in [1.165, 1.54) is 19.1 Å². The molecule has 1 N–H and O–H groups in total. The SMILES string of the molecule is CC(=O)N[C@H]1CC[C@@H](Cc2nnc(/C=C/c3cc(F)ccc3F)o2)C1. The third-order valence-corrected chi connectivity index (χ3v) is 4.26. The molecule has 1 heterocycles. The lowest BCUT2D eigenvalue weighted by atomic mass is 10.0. The van der Waals surface area contributed by atoms with E-state index in [2.05, 4.69) is 15.5 Å². The van der Waals surface area contributed by atoms with E-state index in [9.17, 15) is 13.6 Å². The predicted octanol–water partition coefficient (Wildman–Crippen LogP) is 3.37. The molecular formula is C18H19F2N3O2. The summed E-state index contributed by atoms with van der Waals surface area (Å²) in [6.07, 6.45) is 6.34. The summed E-state index contributed by atoms with van der Waals surface area (Å²) in [5, 5.41) is 10.8. The number of nitrogens with one attached hydrogen (secondary N) is 1. The van der Waals surface area contributed by atoms with Gasteiger partial charge in [-0.15, -0.1) is 10.2 Å². The molecule has 0 radical (unpaired) electrons. The van der Waals surface area contributed by atoms with Gasteiger partial charge >= 0.3 is 0 Å². The average Bonchev–Trinajstić information content (AvgIpc) is 3.18. The van der Waals surface area contributed by atoms with E-state index >= 15 is 0 Å². The highest BCUT2D eigenvalue weighted by atomic mass is 19.1. The first-order valence-electron chi connectivity index (χ1n) is 8.22. The number of carbonyl (C=O) groups excluding carboxylic acids is 1. The van der Waals surface area contributed by atoms with Gasteiger partial charge in [-0.2, -0.15) is 0 Å². The van der Waals surface area contributed by atoms with E-state index in [0.29, 0.717) is 18.2 Å². The van der Waals surface area contributed by atoms with Crippen molar-refractivity contribution in [2.45, 2.75) is 38.6 Å². The van der Waals surface area contributed by atoms with Crippen LogP contribution in [0, 0.1) is 17.6 Å². The van der Waals surface area contributed by atoms with Crippen molar-refractivity contribution >= 4 is 18.1 Å². The first kappa shape index (κ1) is 17.3. The Kier molecular flexibility index (Phi) is 5.21. The second-order valence-electron chi connectivity index (χ2n) is 6.31. The lowest BCUT2D eigenvalue weighted by Crippen LogP contribution is -2.30. The lowest BCUT2D eigenvalue weighted by molar-refractivity contribution is -0.119. The summed E-state index contributed by atoms with van der Waals surface area (Å²) < 4.78 is 32.2. The highest BCUT2D eigenvalue weighted by molar-refractivity contribution is 5.73. The lowest BCUT2D eigenvalue weighted by Gasteiger charge is -2.10. The zero-order valence-electron chi connectivity index (χ0n) is 13.8. The second kappa shape index (κ2) is 7.55. The van der Waals surface area contributed by atoms with Gasteiger partial charge in [-0.25, -0.2) is 8.78 Å². The van der Waals surface area contributed by atoms with Gasteiger partial charge in [-0.1, -0.05) is 0 Å². The zero-order valence-corrected chi connectivity index (χ0v) is 13.8. The molecule has 0 aliphatic heterocycles. The highest BCUT2D eigenvalue weighted by Crippen LogP contribution is 2.28. The monoisotopic (exact) mass is 347 g/mol. The van der Waals surface area contributed by atoms with Gasteiger partial charge in [0.1, 0.15) is 11.6 Å². The maximum atomic E-state index is 13.6. The summed E-state index contributed by atoms with van der Waals surface area (Å²) in [6, 6.07) is 3.44. The van der Waals surface area contributed by atoms with Crippen molar-refractivity contribution in [1.82, 2.24) is 15.5 Å². The van der Waals surface area contributed by atoms with Gasteiger partial charge in [0.2, 0.25) is 17.7 Å². The Bertz CT molecular complexity index is 788. The standard InChI is InChI=1S/C18H19F2N3O2/c1-11(24)21-15-5-2-12(8-15)9-18-23-22-17(25-18)7-3-13-10-14(19)4-6-16(13)20/h3-4,6-7,10,12,15H,2,5,8-9H2,1H3,(H,21,24)/b7-3+/t12-,15+/m1/s1. The van der Waals surface area contributed by atoms with E-state index < -0.39 is 11.6 Å². The number of carbonyl (C=O) groups is 1.